The first-order chi connectivity index (χ1) is 42.6. The van der Waals surface area contributed by atoms with E-state index in [9.17, 15) is 18.9 Å². The van der Waals surface area contributed by atoms with Crippen LogP contribution in [0, 0.1) is 0 Å². The molecule has 1 atom stereocenters. The Hall–Kier alpha value is -3.90. The second-order valence-electron chi connectivity index (χ2n) is 24.4. The summed E-state index contributed by atoms with van der Waals surface area (Å²) >= 11 is 0. The van der Waals surface area contributed by atoms with Crippen molar-refractivity contribution in [2.75, 3.05) is 89.3 Å². The summed E-state index contributed by atoms with van der Waals surface area (Å²) in [4.78, 5) is 52.3. The van der Waals surface area contributed by atoms with Crippen molar-refractivity contribution in [3.8, 4) is 0 Å². The molecular formula is C68H127N12O6P. The van der Waals surface area contributed by atoms with Crippen LogP contribution in [0.25, 0.3) is 11.2 Å². The molecule has 0 bridgehead atoms. The van der Waals surface area contributed by atoms with Gasteiger partial charge in [0.1, 0.15) is 11.6 Å². The summed E-state index contributed by atoms with van der Waals surface area (Å²) in [5, 5.41) is 19.7. The number of benzene rings is 1. The number of carbonyl (C=O) groups is 2. The number of hydrogen-bond acceptors (Lipinski definition) is 14. The summed E-state index contributed by atoms with van der Waals surface area (Å²) in [6.07, 6.45) is 45.0. The Kier molecular flexibility index (Phi) is 47.0. The Labute approximate surface area is 527 Å². The predicted molar refractivity (Wildman–Crippen MR) is 365 cm³/mol. The van der Waals surface area contributed by atoms with Crippen LogP contribution in [0.5, 0.6) is 0 Å². The molecule has 2 heterocycles. The van der Waals surface area contributed by atoms with Gasteiger partial charge in [0, 0.05) is 18.7 Å². The molecule has 1 aromatic carbocycles. The molecule has 0 aliphatic carbocycles. The number of nitrogens with one attached hydrogen (secondary N) is 7. The van der Waals surface area contributed by atoms with E-state index in [1.807, 2.05) is 0 Å². The lowest BCUT2D eigenvalue weighted by Crippen LogP contribution is -2.47. The number of nitrogen functional groups attached to an aromatic ring is 1. The Bertz CT molecular complexity index is 2210. The number of aromatic nitrogens is 4. The minimum Gasteiger partial charge on any atom is -0.382 e. The normalized spacial score (nSPS) is 12.1. The molecule has 2 aromatic heterocycles. The summed E-state index contributed by atoms with van der Waals surface area (Å²) in [5.41, 5.74) is 13.4. The van der Waals surface area contributed by atoms with E-state index in [4.69, 9.17) is 20.5 Å². The van der Waals surface area contributed by atoms with Crippen LogP contribution in [0.4, 0.5) is 11.8 Å². The lowest BCUT2D eigenvalue weighted by Gasteiger charge is -2.19. The molecule has 18 nitrogen and oxygen atoms in total. The summed E-state index contributed by atoms with van der Waals surface area (Å²) in [6.45, 7) is 14.7. The number of unbranched alkanes of at least 4 members (excludes halogenated alkanes) is 29. The molecule has 19 heteroatoms. The topological polar surface area (TPSA) is 257 Å². The molecule has 0 radical (unpaired) electrons. The molecule has 0 fully saturated rings. The molecule has 0 spiro atoms. The first-order valence-electron chi connectivity index (χ1n) is 35.5. The highest BCUT2D eigenvalue weighted by Gasteiger charge is 2.25. The molecule has 3 aromatic rings. The van der Waals surface area contributed by atoms with Gasteiger partial charge in [-0.3, -0.25) is 18.7 Å². The smallest absolute Gasteiger partial charge is 0.330 e. The summed E-state index contributed by atoms with van der Waals surface area (Å²) < 4.78 is 28.0. The van der Waals surface area contributed by atoms with E-state index in [2.05, 4.69) is 67.6 Å². The van der Waals surface area contributed by atoms with Gasteiger partial charge >= 0.3 is 13.3 Å². The van der Waals surface area contributed by atoms with Gasteiger partial charge in [0.15, 0.2) is 11.5 Å². The Morgan fingerprint density at radius 3 is 1.52 bits per heavy atom. The third kappa shape index (κ3) is 38.4. The first kappa shape index (κ1) is 77.3. The highest BCUT2D eigenvalue weighted by atomic mass is 31.2. The fourth-order valence-corrected chi connectivity index (χ4v) is 12.6. The van der Waals surface area contributed by atoms with Crippen LogP contribution in [0.15, 0.2) is 29.1 Å². The summed E-state index contributed by atoms with van der Waals surface area (Å²) in [6, 6.07) is 6.30. The number of anilines is 2. The van der Waals surface area contributed by atoms with Crippen molar-refractivity contribution in [3.05, 3.63) is 45.9 Å². The number of aromatic amines is 1. The van der Waals surface area contributed by atoms with Crippen molar-refractivity contribution in [3.63, 3.8) is 0 Å². The number of rotatable bonds is 62. The van der Waals surface area contributed by atoms with Gasteiger partial charge in [0.25, 0.3) is 5.91 Å². The zero-order valence-electron chi connectivity index (χ0n) is 55.3. The van der Waals surface area contributed by atoms with E-state index in [1.165, 1.54) is 159 Å². The lowest BCUT2D eigenvalue weighted by molar-refractivity contribution is -0.123. The molecule has 500 valence electrons. The van der Waals surface area contributed by atoms with Gasteiger partial charge in [-0.2, -0.15) is 9.97 Å². The quantitative estimate of drug-likeness (QED) is 0.0188. The molecule has 0 aliphatic rings. The molecule has 87 heavy (non-hydrogen) atoms. The van der Waals surface area contributed by atoms with E-state index >= 15 is 0 Å². The van der Waals surface area contributed by atoms with Crippen molar-refractivity contribution >= 4 is 42.3 Å². The van der Waals surface area contributed by atoms with Crippen LogP contribution in [0.1, 0.15) is 281 Å². The van der Waals surface area contributed by atoms with E-state index in [-0.39, 0.29) is 29.9 Å². The number of H-pyrrole nitrogens is 1. The van der Waals surface area contributed by atoms with Crippen molar-refractivity contribution < 1.29 is 23.2 Å². The zero-order valence-corrected chi connectivity index (χ0v) is 56.2. The second-order valence-corrected chi connectivity index (χ2v) is 26.6. The second kappa shape index (κ2) is 52.8. The number of hydrogen-bond donors (Lipinski definition) is 9. The number of nitrogens with zero attached hydrogens (tertiary/aromatic N) is 3. The molecular weight excluding hydrogens is 1110 g/mol. The van der Waals surface area contributed by atoms with Gasteiger partial charge in [-0.15, -0.1) is 0 Å². The lowest BCUT2D eigenvalue weighted by atomic mass is 10.0. The summed E-state index contributed by atoms with van der Waals surface area (Å²) in [5.74, 6) is -0.0146. The van der Waals surface area contributed by atoms with Crippen LogP contribution in [0.2, 0.25) is 0 Å². The van der Waals surface area contributed by atoms with Crippen LogP contribution >= 0.6 is 7.60 Å². The van der Waals surface area contributed by atoms with Crippen molar-refractivity contribution in [1.82, 2.24) is 46.1 Å². The average Bonchev–Trinajstić information content (AvgIpc) is 1.79. The fraction of sp³-hybridized carbons (Fsp3) is 0.809. The number of amides is 2. The fourth-order valence-electron chi connectivity index (χ4n) is 10.9. The molecule has 3 rings (SSSR count). The van der Waals surface area contributed by atoms with E-state index in [1.54, 1.807) is 24.3 Å². The number of imidazole rings is 1. The van der Waals surface area contributed by atoms with E-state index < -0.39 is 13.6 Å². The van der Waals surface area contributed by atoms with Gasteiger partial charge in [0.2, 0.25) is 11.9 Å². The van der Waals surface area contributed by atoms with Crippen LogP contribution in [-0.4, -0.2) is 116 Å². The largest absolute Gasteiger partial charge is 0.382 e. The minimum absolute atomic E-state index is 0.187. The van der Waals surface area contributed by atoms with Crippen LogP contribution in [0.3, 0.4) is 0 Å². The standard InChI is InChI=1S/C68H127N12O6P/c1-4-7-10-12-14-16-18-20-22-24-26-28-30-36-55-85-87(84,86-56-37-31-29-27-25-23-21-19-17-15-13-11-8-5-2)57-40-52-73-47-33-32-41-61(66(82)74-54-39-51-72-49-35-34-48-71-50-38-46-69)76-65(81)60-44-42-59(43-45-60)58-80-64-62(77-68(80)83)63(70)78-67(79-64)75-53-9-6-3/h42-45,61,71-73H,4-41,46-58,69H2,1-3H3,(H,74,82)(H,76,81)(H,77,83)(H3,70,75,78,79)/t61-/m0/s1. The van der Waals surface area contributed by atoms with Gasteiger partial charge in [-0.1, -0.05) is 206 Å². The third-order valence-electron chi connectivity index (χ3n) is 16.4. The monoisotopic (exact) mass is 1240 g/mol. The maximum absolute atomic E-state index is 14.2. The molecule has 2 amide bonds. The third-order valence-corrected chi connectivity index (χ3v) is 18.5. The highest BCUT2D eigenvalue weighted by molar-refractivity contribution is 7.53. The van der Waals surface area contributed by atoms with Crippen molar-refractivity contribution in [1.29, 1.82) is 0 Å². The van der Waals surface area contributed by atoms with Crippen molar-refractivity contribution in [2.45, 2.75) is 277 Å². The molecule has 0 aliphatic heterocycles. The zero-order chi connectivity index (χ0) is 62.5. The number of carbonyl (C=O) groups excluding carboxylic acids is 2. The Balaban J connectivity index is 1.48. The maximum atomic E-state index is 14.2. The SMILES string of the molecule is CCCCCCCCCCCCCCCCOP(=O)(CCCNCCCC[C@H](NC(=O)c1ccc(Cn2c(=O)[nH]c3c(N)nc(NCCCC)nc32)cc1)C(=O)NCCCNCCCCNCCCN)OCCCCCCCCCCCCCCCC. The molecule has 0 saturated heterocycles. The van der Waals surface area contributed by atoms with Crippen molar-refractivity contribution in [2.24, 2.45) is 5.73 Å². The maximum Gasteiger partial charge on any atom is 0.330 e. The Morgan fingerprint density at radius 1 is 0.552 bits per heavy atom. The van der Waals surface area contributed by atoms with Crippen LogP contribution in [-0.2, 0) is 25.0 Å². The highest BCUT2D eigenvalue weighted by Crippen LogP contribution is 2.49. The van der Waals surface area contributed by atoms with E-state index in [0.29, 0.717) is 87.5 Å². The Morgan fingerprint density at radius 2 is 1.01 bits per heavy atom. The molecule has 11 N–H and O–H groups in total. The minimum atomic E-state index is -3.24. The van der Waals surface area contributed by atoms with Gasteiger partial charge in [-0.25, -0.2) is 4.79 Å². The average molecular weight is 1240 g/mol. The summed E-state index contributed by atoms with van der Waals surface area (Å²) in [7, 11) is -3.24. The van der Waals surface area contributed by atoms with Crippen LogP contribution < -0.4 is 49.1 Å². The first-order valence-corrected chi connectivity index (χ1v) is 37.2. The molecule has 0 saturated carbocycles. The van der Waals surface area contributed by atoms with Gasteiger partial charge < -0.3 is 57.4 Å². The van der Waals surface area contributed by atoms with Gasteiger partial charge in [0.05, 0.1) is 25.9 Å². The number of fused-ring (bicyclic) bond motifs is 1. The van der Waals surface area contributed by atoms with E-state index in [0.717, 1.165) is 109 Å². The molecule has 0 unspecified atom stereocenters. The number of nitrogens with two attached hydrogens (primary N) is 2. The predicted octanol–water partition coefficient (Wildman–Crippen LogP) is 14.2. The van der Waals surface area contributed by atoms with Gasteiger partial charge in [-0.05, 0) is 134 Å².